The van der Waals surface area contributed by atoms with E-state index in [-0.39, 0.29) is 0 Å². The molecule has 0 fully saturated rings. The molecule has 1 aromatic carbocycles. The molecule has 0 bridgehead atoms. The molecule has 0 radical (unpaired) electrons. The summed E-state index contributed by atoms with van der Waals surface area (Å²) in [6.07, 6.45) is -33.4. The lowest BCUT2D eigenvalue weighted by Crippen LogP contribution is -2.23. The van der Waals surface area contributed by atoms with Crippen LogP contribution in [0.25, 0.3) is 11.1 Å². The molecule has 0 aliphatic rings. The zero-order valence-corrected chi connectivity index (χ0v) is 16.1. The number of alkyl halides is 12. The van der Waals surface area contributed by atoms with E-state index in [4.69, 9.17) is 0 Å². The highest BCUT2D eigenvalue weighted by Crippen LogP contribution is 2.48. The van der Waals surface area contributed by atoms with E-state index in [1.165, 1.54) is 0 Å². The zero-order valence-electron chi connectivity index (χ0n) is 16.1. The van der Waals surface area contributed by atoms with Crippen LogP contribution in [-0.4, -0.2) is 24.7 Å². The van der Waals surface area contributed by atoms with Crippen molar-refractivity contribution in [1.29, 1.82) is 0 Å². The molecule has 0 saturated carbocycles. The Labute approximate surface area is 186 Å². The summed E-state index contributed by atoms with van der Waals surface area (Å²) in [6, 6.07) is -1.72. The third kappa shape index (κ3) is 6.99. The quantitative estimate of drug-likeness (QED) is 0.253. The van der Waals surface area contributed by atoms with Crippen molar-refractivity contribution in [2.45, 2.75) is 24.7 Å². The van der Waals surface area contributed by atoms with Crippen molar-refractivity contribution in [3.8, 4) is 0 Å². The highest BCUT2D eigenvalue weighted by atomic mass is 19.4. The van der Waals surface area contributed by atoms with Crippen molar-refractivity contribution < 1.29 is 79.0 Å². The van der Waals surface area contributed by atoms with Gasteiger partial charge in [-0.25, -0.2) is 8.78 Å². The minimum Gasteiger partial charge on any atom is -0.200 e. The van der Waals surface area contributed by atoms with E-state index in [0.29, 0.717) is 0 Å². The number of halogens is 18. The molecule has 1 aromatic rings. The first kappa shape index (κ1) is 31.0. The maximum Gasteiger partial charge on any atom is 0.420 e. The molecular formula is C18H4F18. The Bertz CT molecular complexity index is 1000. The topological polar surface area (TPSA) is 0 Å². The van der Waals surface area contributed by atoms with Crippen molar-refractivity contribution >= 4 is 11.1 Å². The van der Waals surface area contributed by atoms with Crippen LogP contribution in [0.3, 0.4) is 0 Å². The van der Waals surface area contributed by atoms with Crippen LogP contribution in [0.1, 0.15) is 11.1 Å². The van der Waals surface area contributed by atoms with E-state index in [1.807, 2.05) is 0 Å². The minimum atomic E-state index is -6.48. The molecule has 0 aromatic heterocycles. The molecule has 0 spiro atoms. The Hall–Kier alpha value is -3.08. The molecule has 1 rings (SSSR count). The summed E-state index contributed by atoms with van der Waals surface area (Å²) in [4.78, 5) is 0. The summed E-state index contributed by atoms with van der Waals surface area (Å²) in [5.41, 5.74) is -17.6. The lowest BCUT2D eigenvalue weighted by molar-refractivity contribution is -0.101. The normalized spacial score (nSPS) is 14.7. The molecule has 0 aliphatic carbocycles. The lowest BCUT2D eigenvalue weighted by Gasteiger charge is -2.21. The second-order valence-corrected chi connectivity index (χ2v) is 6.22. The van der Waals surface area contributed by atoms with Gasteiger partial charge in [-0.05, 0) is 11.1 Å². The summed E-state index contributed by atoms with van der Waals surface area (Å²) >= 11 is 0. The van der Waals surface area contributed by atoms with Gasteiger partial charge in [-0.2, -0.15) is 70.2 Å². The molecule has 0 heterocycles. The van der Waals surface area contributed by atoms with Gasteiger partial charge in [0, 0.05) is 0 Å². The number of rotatable bonds is 4. The van der Waals surface area contributed by atoms with Crippen molar-refractivity contribution in [1.82, 2.24) is 0 Å². The average Bonchev–Trinajstić information content (AvgIpc) is 2.65. The second kappa shape index (κ2) is 10.1. The van der Waals surface area contributed by atoms with E-state index in [9.17, 15) is 79.0 Å². The van der Waals surface area contributed by atoms with Gasteiger partial charge in [0.1, 0.15) is 11.1 Å². The zero-order chi connectivity index (χ0) is 28.6. The van der Waals surface area contributed by atoms with Crippen LogP contribution in [0, 0.1) is 0 Å². The summed E-state index contributed by atoms with van der Waals surface area (Å²) in [6.45, 7) is 0. The monoisotopic (exact) mass is 562 g/mol. The van der Waals surface area contributed by atoms with Crippen LogP contribution in [-0.2, 0) is 0 Å². The molecule has 0 aliphatic heterocycles. The summed E-state index contributed by atoms with van der Waals surface area (Å²) in [5.74, 6) is -7.44. The Morgan fingerprint density at radius 3 is 0.750 bits per heavy atom. The Morgan fingerprint density at radius 2 is 0.611 bits per heavy atom. The molecule has 18 heteroatoms. The van der Waals surface area contributed by atoms with Gasteiger partial charge in [-0.15, -0.1) is 0 Å². The van der Waals surface area contributed by atoms with E-state index in [2.05, 4.69) is 0 Å². The van der Waals surface area contributed by atoms with Crippen LogP contribution in [0.15, 0.2) is 59.2 Å². The van der Waals surface area contributed by atoms with Crippen molar-refractivity contribution in [3.05, 3.63) is 70.4 Å². The molecule has 0 atom stereocenters. The molecule has 0 nitrogen and oxygen atoms in total. The highest BCUT2D eigenvalue weighted by molar-refractivity contribution is 5.80. The van der Waals surface area contributed by atoms with Gasteiger partial charge in [0.2, 0.25) is 11.7 Å². The second-order valence-electron chi connectivity index (χ2n) is 6.22. The Morgan fingerprint density at radius 1 is 0.389 bits per heavy atom. The fourth-order valence-electron chi connectivity index (χ4n) is 2.64. The fourth-order valence-corrected chi connectivity index (χ4v) is 2.64. The SMILES string of the molecule is FC(F)=C(F)/C(=C(\c1ccc(/C(=C(\C(F)=C(F)F)C(F)(F)F)C(F)(F)F)cc1)C(F)(F)F)C(F)(F)F. The molecule has 202 valence electrons. The number of allylic oxidation sites excluding steroid dienone is 6. The van der Waals surface area contributed by atoms with Gasteiger partial charge < -0.3 is 0 Å². The van der Waals surface area contributed by atoms with Gasteiger partial charge in [0.15, 0.2) is 0 Å². The largest absolute Gasteiger partial charge is 0.420 e. The van der Waals surface area contributed by atoms with E-state index >= 15 is 0 Å². The fraction of sp³-hybridized carbons (Fsp3) is 0.222. The maximum atomic E-state index is 13.4. The van der Waals surface area contributed by atoms with Gasteiger partial charge in [0.05, 0.1) is 11.1 Å². The van der Waals surface area contributed by atoms with Crippen LogP contribution < -0.4 is 0 Å². The van der Waals surface area contributed by atoms with Gasteiger partial charge in [-0.1, -0.05) is 24.3 Å². The minimum absolute atomic E-state index is 0.430. The number of hydrogen-bond donors (Lipinski definition) is 0. The lowest BCUT2D eigenvalue weighted by atomic mass is 9.93. The molecule has 0 N–H and O–H groups in total. The third-order valence-corrected chi connectivity index (χ3v) is 3.87. The van der Waals surface area contributed by atoms with Gasteiger partial charge in [-0.3, -0.25) is 0 Å². The summed E-state index contributed by atoms with van der Waals surface area (Å²) in [7, 11) is 0. The first-order valence-corrected chi connectivity index (χ1v) is 8.22. The highest BCUT2D eigenvalue weighted by Gasteiger charge is 2.51. The first-order chi connectivity index (χ1) is 15.9. The smallest absolute Gasteiger partial charge is 0.200 e. The standard InChI is InChI=1S/C18H4F18/c19-11(13(21)22)9(17(31,32)33)7(15(25,26)27)5-1-2-6(4-3-5)8(16(28,29)30)10(18(34,35)36)12(20)14(23)24/h1-4H/b9-7-,10-8-. The average molecular weight is 562 g/mol. The van der Waals surface area contributed by atoms with E-state index < -0.39 is 106 Å². The Kier molecular flexibility index (Phi) is 8.70. The molecular weight excluding hydrogens is 558 g/mol. The third-order valence-electron chi connectivity index (χ3n) is 3.87. The van der Waals surface area contributed by atoms with E-state index in [0.717, 1.165) is 0 Å². The predicted octanol–water partition coefficient (Wildman–Crippen LogP) is 9.60. The molecule has 0 unspecified atom stereocenters. The predicted molar refractivity (Wildman–Crippen MR) is 85.2 cm³/mol. The molecule has 0 saturated heterocycles. The van der Waals surface area contributed by atoms with Gasteiger partial charge in [0.25, 0.3) is 0 Å². The molecule has 36 heavy (non-hydrogen) atoms. The van der Waals surface area contributed by atoms with Crippen LogP contribution >= 0.6 is 0 Å². The first-order valence-electron chi connectivity index (χ1n) is 8.22. The number of hydrogen-bond acceptors (Lipinski definition) is 0. The summed E-state index contributed by atoms with van der Waals surface area (Å²) in [5, 5.41) is 0. The maximum absolute atomic E-state index is 13.4. The van der Waals surface area contributed by atoms with Crippen molar-refractivity contribution in [2.24, 2.45) is 0 Å². The van der Waals surface area contributed by atoms with E-state index in [1.54, 1.807) is 0 Å². The van der Waals surface area contributed by atoms with Gasteiger partial charge >= 0.3 is 36.9 Å². The molecule has 0 amide bonds. The van der Waals surface area contributed by atoms with Crippen LogP contribution in [0.2, 0.25) is 0 Å². The van der Waals surface area contributed by atoms with Crippen LogP contribution in [0.5, 0.6) is 0 Å². The van der Waals surface area contributed by atoms with Crippen LogP contribution in [0.4, 0.5) is 79.0 Å². The van der Waals surface area contributed by atoms with Crippen molar-refractivity contribution in [3.63, 3.8) is 0 Å². The summed E-state index contributed by atoms with van der Waals surface area (Å²) < 4.78 is 234. The van der Waals surface area contributed by atoms with Crippen molar-refractivity contribution in [2.75, 3.05) is 0 Å². The Balaban J connectivity index is 4.17. The number of benzene rings is 1.